The minimum absolute atomic E-state index is 0.838. The SMILES string of the molecule is COc1ccc(-[n+]2[c-]n(C)cn2)cc1. The van der Waals surface area contributed by atoms with Crippen LogP contribution in [0.1, 0.15) is 0 Å². The molecule has 1 aromatic heterocycles. The number of methoxy groups -OCH3 is 1. The van der Waals surface area contributed by atoms with Crippen molar-refractivity contribution in [1.82, 2.24) is 9.67 Å². The molecule has 0 radical (unpaired) electrons. The Hall–Kier alpha value is -1.84. The van der Waals surface area contributed by atoms with Crippen LogP contribution in [-0.2, 0) is 7.05 Å². The van der Waals surface area contributed by atoms with E-state index in [1.165, 1.54) is 0 Å². The van der Waals surface area contributed by atoms with Gasteiger partial charge in [-0.3, -0.25) is 0 Å². The second-order valence-corrected chi connectivity index (χ2v) is 2.95. The Balaban J connectivity index is 2.33. The lowest BCUT2D eigenvalue weighted by Gasteiger charge is -2.02. The minimum atomic E-state index is 0.838. The Labute approximate surface area is 82.4 Å². The van der Waals surface area contributed by atoms with Gasteiger partial charge in [0, 0.05) is 0 Å². The van der Waals surface area contributed by atoms with Crippen molar-refractivity contribution < 1.29 is 9.42 Å². The smallest absolute Gasteiger partial charge is 0.233 e. The van der Waals surface area contributed by atoms with Crippen LogP contribution in [0.3, 0.4) is 0 Å². The number of benzene rings is 1. The molecule has 1 heterocycles. The monoisotopic (exact) mass is 189 g/mol. The van der Waals surface area contributed by atoms with Crippen LogP contribution in [-0.4, -0.2) is 16.8 Å². The largest absolute Gasteiger partial charge is 0.497 e. The molecule has 72 valence electrons. The van der Waals surface area contributed by atoms with Crippen molar-refractivity contribution in [3.8, 4) is 11.4 Å². The Morgan fingerprint density at radius 2 is 2.07 bits per heavy atom. The fraction of sp³-hybridized carbons (Fsp3) is 0.200. The van der Waals surface area contributed by atoms with E-state index in [1.807, 2.05) is 31.3 Å². The molecule has 0 atom stereocenters. The van der Waals surface area contributed by atoms with Gasteiger partial charge in [-0.25, -0.2) is 4.68 Å². The first-order valence-corrected chi connectivity index (χ1v) is 4.27. The number of ether oxygens (including phenoxy) is 1. The number of hydrogen-bond acceptors (Lipinski definition) is 2. The number of nitrogens with zero attached hydrogens (tertiary/aromatic N) is 3. The zero-order chi connectivity index (χ0) is 9.97. The van der Waals surface area contributed by atoms with E-state index in [0.717, 1.165) is 11.4 Å². The van der Waals surface area contributed by atoms with Crippen LogP contribution < -0.4 is 9.42 Å². The molecule has 4 nitrogen and oxygen atoms in total. The zero-order valence-electron chi connectivity index (χ0n) is 8.14. The molecule has 0 N–H and O–H groups in total. The van der Waals surface area contributed by atoms with Crippen LogP contribution in [0.2, 0.25) is 0 Å². The van der Waals surface area contributed by atoms with Gasteiger partial charge in [0.2, 0.25) is 6.33 Å². The molecular formula is C10H11N3O. The Kier molecular flexibility index (Phi) is 2.18. The zero-order valence-corrected chi connectivity index (χ0v) is 8.14. The first kappa shape index (κ1) is 8.74. The maximum absolute atomic E-state index is 5.07. The summed E-state index contributed by atoms with van der Waals surface area (Å²) in [5.74, 6) is 0.838. The summed E-state index contributed by atoms with van der Waals surface area (Å²) in [6.45, 7) is 0. The summed E-state index contributed by atoms with van der Waals surface area (Å²) in [5, 5.41) is 4.12. The highest BCUT2D eigenvalue weighted by atomic mass is 16.5. The van der Waals surface area contributed by atoms with E-state index in [-0.39, 0.29) is 0 Å². The highest BCUT2D eigenvalue weighted by molar-refractivity contribution is 5.30. The fourth-order valence-electron chi connectivity index (χ4n) is 1.18. The van der Waals surface area contributed by atoms with Gasteiger partial charge in [0.1, 0.15) is 12.1 Å². The maximum Gasteiger partial charge on any atom is 0.233 e. The van der Waals surface area contributed by atoms with Gasteiger partial charge in [-0.05, 0) is 12.1 Å². The van der Waals surface area contributed by atoms with Crippen molar-refractivity contribution in [2.45, 2.75) is 0 Å². The molecule has 0 amide bonds. The average molecular weight is 189 g/mol. The first-order chi connectivity index (χ1) is 6.79. The predicted octanol–water partition coefficient (Wildman–Crippen LogP) is 0.506. The summed E-state index contributed by atoms with van der Waals surface area (Å²) in [5.41, 5.74) is 0.964. The second kappa shape index (κ2) is 3.49. The quantitative estimate of drug-likeness (QED) is 0.509. The lowest BCUT2D eigenvalue weighted by Crippen LogP contribution is -2.32. The van der Waals surface area contributed by atoms with Crippen molar-refractivity contribution in [3.05, 3.63) is 36.9 Å². The van der Waals surface area contributed by atoms with Crippen LogP contribution in [0.25, 0.3) is 5.69 Å². The Bertz CT molecular complexity index is 419. The van der Waals surface area contributed by atoms with Crippen molar-refractivity contribution in [2.24, 2.45) is 7.05 Å². The van der Waals surface area contributed by atoms with E-state index in [1.54, 1.807) is 22.7 Å². The molecule has 0 saturated heterocycles. The van der Waals surface area contributed by atoms with Gasteiger partial charge in [0.15, 0.2) is 0 Å². The van der Waals surface area contributed by atoms with Crippen molar-refractivity contribution >= 4 is 0 Å². The summed E-state index contributed by atoms with van der Waals surface area (Å²) in [4.78, 5) is 0. The number of rotatable bonds is 2. The molecule has 1 aromatic carbocycles. The van der Waals surface area contributed by atoms with E-state index >= 15 is 0 Å². The number of aryl methyl sites for hydroxylation is 1. The number of aromatic nitrogens is 3. The van der Waals surface area contributed by atoms with Gasteiger partial charge >= 0.3 is 0 Å². The summed E-state index contributed by atoms with van der Waals surface area (Å²) in [6.07, 6.45) is 4.71. The van der Waals surface area contributed by atoms with Crippen molar-refractivity contribution in [2.75, 3.05) is 7.11 Å². The van der Waals surface area contributed by atoms with Crippen molar-refractivity contribution in [1.29, 1.82) is 0 Å². The Morgan fingerprint density at radius 3 is 2.57 bits per heavy atom. The average Bonchev–Trinajstić information content (AvgIpc) is 2.65. The molecule has 2 aromatic rings. The molecule has 14 heavy (non-hydrogen) atoms. The third-order valence-electron chi connectivity index (χ3n) is 1.91. The van der Waals surface area contributed by atoms with Crippen LogP contribution in [0.4, 0.5) is 0 Å². The molecule has 0 aliphatic rings. The molecule has 2 rings (SSSR count). The van der Waals surface area contributed by atoms with E-state index in [2.05, 4.69) is 11.4 Å². The summed E-state index contributed by atoms with van der Waals surface area (Å²) in [6, 6.07) is 7.65. The highest BCUT2D eigenvalue weighted by Crippen LogP contribution is 2.10. The van der Waals surface area contributed by atoms with E-state index < -0.39 is 0 Å². The third-order valence-corrected chi connectivity index (χ3v) is 1.91. The molecule has 0 spiro atoms. The molecule has 0 saturated carbocycles. The molecule has 0 aliphatic heterocycles. The van der Waals surface area contributed by atoms with E-state index in [0.29, 0.717) is 0 Å². The topological polar surface area (TPSA) is 30.9 Å². The molecule has 0 fully saturated rings. The summed E-state index contributed by atoms with van der Waals surface area (Å²) in [7, 11) is 3.53. The fourth-order valence-corrected chi connectivity index (χ4v) is 1.18. The second-order valence-electron chi connectivity index (χ2n) is 2.95. The lowest BCUT2D eigenvalue weighted by atomic mass is 10.3. The molecule has 4 heteroatoms. The normalized spacial score (nSPS) is 10.1. The van der Waals surface area contributed by atoms with Crippen LogP contribution >= 0.6 is 0 Å². The third kappa shape index (κ3) is 1.59. The molecule has 0 aliphatic carbocycles. The first-order valence-electron chi connectivity index (χ1n) is 4.27. The van der Waals surface area contributed by atoms with Crippen molar-refractivity contribution in [3.63, 3.8) is 0 Å². The van der Waals surface area contributed by atoms with Gasteiger partial charge in [0.05, 0.1) is 19.8 Å². The summed E-state index contributed by atoms with van der Waals surface area (Å²) < 4.78 is 8.51. The van der Waals surface area contributed by atoms with Gasteiger partial charge in [-0.15, -0.1) is 5.10 Å². The van der Waals surface area contributed by atoms with E-state index in [9.17, 15) is 0 Å². The summed E-state index contributed by atoms with van der Waals surface area (Å²) >= 11 is 0. The van der Waals surface area contributed by atoms with Crippen LogP contribution in [0, 0.1) is 6.33 Å². The van der Waals surface area contributed by atoms with Crippen LogP contribution in [0.15, 0.2) is 30.6 Å². The highest BCUT2D eigenvalue weighted by Gasteiger charge is 1.97. The maximum atomic E-state index is 5.07. The Morgan fingerprint density at radius 1 is 1.36 bits per heavy atom. The molecule has 0 bridgehead atoms. The van der Waals surface area contributed by atoms with E-state index in [4.69, 9.17) is 4.74 Å². The van der Waals surface area contributed by atoms with Gasteiger partial charge in [0.25, 0.3) is 0 Å². The number of hydrogen-bond donors (Lipinski definition) is 0. The standard InChI is InChI=1S/C10H11N3O/c1-12-7-11-13(8-12)9-3-5-10(14-2)6-4-9/h3-7H,1-2H3. The molecule has 0 unspecified atom stereocenters. The lowest BCUT2D eigenvalue weighted by molar-refractivity contribution is -0.661. The van der Waals surface area contributed by atoms with Gasteiger partial charge < -0.3 is 9.30 Å². The van der Waals surface area contributed by atoms with Crippen LogP contribution in [0.5, 0.6) is 5.75 Å². The predicted molar refractivity (Wildman–Crippen MR) is 50.1 cm³/mol. The molecular weight excluding hydrogens is 178 g/mol. The van der Waals surface area contributed by atoms with Gasteiger partial charge in [-0.2, -0.15) is 0 Å². The minimum Gasteiger partial charge on any atom is -0.497 e. The van der Waals surface area contributed by atoms with Gasteiger partial charge in [-0.1, -0.05) is 12.1 Å².